The van der Waals surface area contributed by atoms with Crippen molar-refractivity contribution in [3.8, 4) is 0 Å². The smallest absolute Gasteiger partial charge is 0.214 e. The van der Waals surface area contributed by atoms with Crippen LogP contribution in [0.5, 0.6) is 0 Å². The zero-order chi connectivity index (χ0) is 12.9. The van der Waals surface area contributed by atoms with Gasteiger partial charge in [0.25, 0.3) is 0 Å². The van der Waals surface area contributed by atoms with Crippen molar-refractivity contribution in [2.24, 2.45) is 10.9 Å². The number of isothiocyanates is 1. The monoisotopic (exact) mass is 276 g/mol. The van der Waals surface area contributed by atoms with Gasteiger partial charge in [-0.1, -0.05) is 0 Å². The summed E-state index contributed by atoms with van der Waals surface area (Å²) in [5.41, 5.74) is 0. The molecule has 0 amide bonds. The van der Waals surface area contributed by atoms with Gasteiger partial charge in [-0.05, 0) is 57.7 Å². The molecule has 6 heteroatoms. The molecule has 1 rings (SSSR count). The molecular weight excluding hydrogens is 256 g/mol. The zero-order valence-corrected chi connectivity index (χ0v) is 12.0. The molecule has 0 heterocycles. The third-order valence-electron chi connectivity index (χ3n) is 3.21. The first-order valence-corrected chi connectivity index (χ1v) is 7.96. The topological polar surface area (TPSA) is 58.5 Å². The summed E-state index contributed by atoms with van der Waals surface area (Å²) in [5, 5.41) is 2.01. The number of nitrogens with one attached hydrogen (secondary N) is 1. The van der Waals surface area contributed by atoms with Crippen molar-refractivity contribution in [1.29, 1.82) is 0 Å². The van der Waals surface area contributed by atoms with Crippen LogP contribution in [0.2, 0.25) is 0 Å². The van der Waals surface area contributed by atoms with Crippen LogP contribution in [0.15, 0.2) is 4.99 Å². The van der Waals surface area contributed by atoms with Crippen molar-refractivity contribution < 1.29 is 8.42 Å². The molecule has 0 aromatic carbocycles. The van der Waals surface area contributed by atoms with Gasteiger partial charge in [-0.15, -0.1) is 0 Å². The van der Waals surface area contributed by atoms with Crippen LogP contribution < -0.4 is 4.72 Å². The van der Waals surface area contributed by atoms with E-state index in [2.05, 4.69) is 27.1 Å². The lowest BCUT2D eigenvalue weighted by Crippen LogP contribution is -2.41. The van der Waals surface area contributed by atoms with Gasteiger partial charge in [-0.25, -0.2) is 18.1 Å². The number of hydrogen-bond donors (Lipinski definition) is 1. The first-order valence-electron chi connectivity index (χ1n) is 6.00. The summed E-state index contributed by atoms with van der Waals surface area (Å²) in [6, 6.07) is 0.0927. The second-order valence-corrected chi connectivity index (χ2v) is 7.31. The molecule has 0 atom stereocenters. The van der Waals surface area contributed by atoms with Gasteiger partial charge < -0.3 is 0 Å². The fourth-order valence-corrected chi connectivity index (χ4v) is 3.04. The summed E-state index contributed by atoms with van der Waals surface area (Å²) in [4.78, 5) is 3.95. The largest absolute Gasteiger partial charge is 0.232 e. The molecule has 0 spiro atoms. The number of sulfonamides is 1. The Labute approximate surface area is 109 Å². The highest BCUT2D eigenvalue weighted by atomic mass is 32.2. The second-order valence-electron chi connectivity index (χ2n) is 4.86. The van der Waals surface area contributed by atoms with Gasteiger partial charge in [0, 0.05) is 6.04 Å². The van der Waals surface area contributed by atoms with E-state index in [1.807, 2.05) is 0 Å². The summed E-state index contributed by atoms with van der Waals surface area (Å²) < 4.78 is 26.2. The molecule has 0 unspecified atom stereocenters. The Kier molecular flexibility index (Phi) is 5.73. The van der Waals surface area contributed by atoms with Crippen molar-refractivity contribution >= 4 is 27.4 Å². The van der Waals surface area contributed by atoms with E-state index in [-0.39, 0.29) is 11.3 Å². The van der Waals surface area contributed by atoms with E-state index < -0.39 is 10.0 Å². The fraction of sp³-hybridized carbons (Fsp3) is 0.909. The maximum absolute atomic E-state index is 11.7. The molecule has 0 saturated heterocycles. The third-order valence-corrected chi connectivity index (χ3v) is 5.24. The lowest BCUT2D eigenvalue weighted by Gasteiger charge is -2.28. The average Bonchev–Trinajstić information content (AvgIpc) is 2.27. The van der Waals surface area contributed by atoms with Crippen molar-refractivity contribution in [2.45, 2.75) is 50.8 Å². The Hall–Kier alpha value is -0.290. The van der Waals surface area contributed by atoms with E-state index in [0.717, 1.165) is 32.2 Å². The van der Waals surface area contributed by atoms with Crippen LogP contribution in [0.4, 0.5) is 0 Å². The molecule has 4 nitrogen and oxygen atoms in total. The quantitative estimate of drug-likeness (QED) is 0.617. The molecule has 0 radical (unpaired) electrons. The Morgan fingerprint density at radius 2 is 1.94 bits per heavy atom. The summed E-state index contributed by atoms with van der Waals surface area (Å²) in [6.07, 6.45) is 3.80. The fourth-order valence-electron chi connectivity index (χ4n) is 2.00. The molecule has 0 aliphatic heterocycles. The highest BCUT2D eigenvalue weighted by molar-refractivity contribution is 7.90. The van der Waals surface area contributed by atoms with E-state index in [0.29, 0.717) is 5.92 Å². The van der Waals surface area contributed by atoms with Crippen LogP contribution in [0.25, 0.3) is 0 Å². The van der Waals surface area contributed by atoms with E-state index in [1.165, 1.54) is 0 Å². The standard InChI is InChI=1S/C11H20N2O2S2/c1-9(2)17(14,15)13-11-5-3-10(4-6-11)7-12-8-16/h9-11,13H,3-7H2,1-2H3/t10-,11-. The van der Waals surface area contributed by atoms with Gasteiger partial charge >= 0.3 is 0 Å². The molecule has 1 aliphatic carbocycles. The minimum Gasteiger partial charge on any atom is -0.232 e. The SMILES string of the molecule is CC(C)S(=O)(=O)N[C@H]1CC[C@H](CN=C=S)CC1. The van der Waals surface area contributed by atoms with Gasteiger partial charge in [0.05, 0.1) is 17.0 Å². The number of aliphatic imine (C=N–C) groups is 1. The number of thiocarbonyl (C=S) groups is 1. The van der Waals surface area contributed by atoms with Gasteiger partial charge in [0.15, 0.2) is 0 Å². The van der Waals surface area contributed by atoms with Crippen LogP contribution in [0.1, 0.15) is 39.5 Å². The summed E-state index contributed by atoms with van der Waals surface area (Å²) in [7, 11) is -3.13. The Bertz CT molecular complexity index is 378. The Balaban J connectivity index is 2.40. The van der Waals surface area contributed by atoms with Crippen molar-refractivity contribution in [1.82, 2.24) is 4.72 Å². The second kappa shape index (κ2) is 6.59. The van der Waals surface area contributed by atoms with Crippen molar-refractivity contribution in [3.05, 3.63) is 0 Å². The maximum Gasteiger partial charge on any atom is 0.214 e. The van der Waals surface area contributed by atoms with Gasteiger partial charge in [0.1, 0.15) is 0 Å². The van der Waals surface area contributed by atoms with Gasteiger partial charge in [-0.3, -0.25) is 0 Å². The summed E-state index contributed by atoms with van der Waals surface area (Å²) >= 11 is 4.54. The first-order chi connectivity index (χ1) is 7.95. The van der Waals surface area contributed by atoms with Gasteiger partial charge in [0.2, 0.25) is 10.0 Å². The van der Waals surface area contributed by atoms with Crippen LogP contribution in [0, 0.1) is 5.92 Å². The van der Waals surface area contributed by atoms with E-state index in [9.17, 15) is 8.42 Å². The van der Waals surface area contributed by atoms with Gasteiger partial charge in [-0.2, -0.15) is 0 Å². The molecule has 0 aromatic rings. The molecular formula is C11H20N2O2S2. The highest BCUT2D eigenvalue weighted by Crippen LogP contribution is 2.25. The molecule has 1 aliphatic rings. The summed E-state index contributed by atoms with van der Waals surface area (Å²) in [6.45, 7) is 4.12. The first kappa shape index (κ1) is 14.8. The highest BCUT2D eigenvalue weighted by Gasteiger charge is 2.25. The Morgan fingerprint density at radius 1 is 1.35 bits per heavy atom. The van der Waals surface area contributed by atoms with E-state index in [4.69, 9.17) is 0 Å². The minimum atomic E-state index is -3.13. The molecule has 1 fully saturated rings. The predicted molar refractivity (Wildman–Crippen MR) is 72.8 cm³/mol. The average molecular weight is 276 g/mol. The van der Waals surface area contributed by atoms with Crippen molar-refractivity contribution in [2.75, 3.05) is 6.54 Å². The number of rotatable bonds is 5. The van der Waals surface area contributed by atoms with E-state index in [1.54, 1.807) is 13.8 Å². The Morgan fingerprint density at radius 3 is 2.41 bits per heavy atom. The molecule has 0 bridgehead atoms. The van der Waals surface area contributed by atoms with Crippen LogP contribution >= 0.6 is 12.2 Å². The zero-order valence-electron chi connectivity index (χ0n) is 10.3. The number of hydrogen-bond acceptors (Lipinski definition) is 4. The van der Waals surface area contributed by atoms with E-state index >= 15 is 0 Å². The molecule has 1 N–H and O–H groups in total. The third kappa shape index (κ3) is 4.84. The predicted octanol–water partition coefficient (Wildman–Crippen LogP) is 1.98. The van der Waals surface area contributed by atoms with Crippen LogP contribution in [-0.4, -0.2) is 31.4 Å². The molecule has 17 heavy (non-hydrogen) atoms. The molecule has 0 aromatic heterocycles. The maximum atomic E-state index is 11.7. The van der Waals surface area contributed by atoms with Crippen molar-refractivity contribution in [3.63, 3.8) is 0 Å². The normalized spacial score (nSPS) is 25.6. The van der Waals surface area contributed by atoms with Crippen LogP contribution in [-0.2, 0) is 10.0 Å². The summed E-state index contributed by atoms with van der Waals surface area (Å²) in [5.74, 6) is 0.533. The molecule has 98 valence electrons. The number of nitrogens with zero attached hydrogens (tertiary/aromatic N) is 1. The van der Waals surface area contributed by atoms with Crippen LogP contribution in [0.3, 0.4) is 0 Å². The minimum absolute atomic E-state index is 0.0927. The molecule has 1 saturated carbocycles. The lowest BCUT2D eigenvalue weighted by molar-refractivity contribution is 0.319. The lowest BCUT2D eigenvalue weighted by atomic mass is 9.86.